The number of hydrogen-bond donors (Lipinski definition) is 0. The molecule has 0 aliphatic rings. The van der Waals surface area contributed by atoms with E-state index in [1.165, 1.54) is 12.5 Å². The monoisotopic (exact) mass is 128 g/mol. The van der Waals surface area contributed by atoms with E-state index in [-0.39, 0.29) is 0 Å². The first-order valence-electron chi connectivity index (χ1n) is 1.90. The van der Waals surface area contributed by atoms with E-state index in [4.69, 9.17) is 10.5 Å². The fourth-order valence-electron chi connectivity index (χ4n) is 0.172. The molecular formula is C3H4N2O2Si. The van der Waals surface area contributed by atoms with Gasteiger partial charge in [-0.3, -0.25) is 0 Å². The normalized spacial score (nSPS) is 7.00. The van der Waals surface area contributed by atoms with Gasteiger partial charge in [0, 0.05) is 6.55 Å². The van der Waals surface area contributed by atoms with Gasteiger partial charge in [0.15, 0.2) is 0 Å². The summed E-state index contributed by atoms with van der Waals surface area (Å²) >= 11 is 0. The zero-order valence-corrected chi connectivity index (χ0v) is 5.44. The molecule has 0 unspecified atom stereocenters. The van der Waals surface area contributed by atoms with Gasteiger partial charge in [-0.1, -0.05) is 0 Å². The Kier molecular flexibility index (Phi) is 3.37. The van der Waals surface area contributed by atoms with E-state index in [2.05, 4.69) is 8.85 Å². The Hall–Kier alpha value is -1.20. The first-order chi connectivity index (χ1) is 3.81. The molecule has 0 aromatic rings. The molecule has 0 saturated carbocycles. The van der Waals surface area contributed by atoms with E-state index in [1.807, 2.05) is 0 Å². The van der Waals surface area contributed by atoms with Gasteiger partial charge in [0.25, 0.3) is 12.5 Å². The fraction of sp³-hybridized carbons (Fsp3) is 0.333. The second kappa shape index (κ2) is 3.97. The average Bonchev–Trinajstić information content (AvgIpc) is 1.68. The van der Waals surface area contributed by atoms with Gasteiger partial charge >= 0.3 is 9.28 Å². The molecule has 0 amide bonds. The van der Waals surface area contributed by atoms with E-state index >= 15 is 0 Å². The first kappa shape index (κ1) is 6.80. The predicted molar refractivity (Wildman–Crippen MR) is 26.4 cm³/mol. The second-order valence-corrected chi connectivity index (χ2v) is 2.59. The Bertz CT molecular complexity index is 119. The molecule has 0 aliphatic heterocycles. The highest BCUT2D eigenvalue weighted by Gasteiger charge is 2.04. The van der Waals surface area contributed by atoms with Crippen LogP contribution >= 0.6 is 0 Å². The van der Waals surface area contributed by atoms with Crippen LogP contribution in [0.15, 0.2) is 0 Å². The molecular weight excluding hydrogens is 124 g/mol. The van der Waals surface area contributed by atoms with Crippen molar-refractivity contribution in [2.45, 2.75) is 6.55 Å². The van der Waals surface area contributed by atoms with Crippen molar-refractivity contribution in [1.82, 2.24) is 0 Å². The van der Waals surface area contributed by atoms with Gasteiger partial charge in [-0.15, -0.1) is 0 Å². The summed E-state index contributed by atoms with van der Waals surface area (Å²) in [5.74, 6) is 0. The van der Waals surface area contributed by atoms with Crippen LogP contribution in [0.1, 0.15) is 0 Å². The Morgan fingerprint density at radius 3 is 1.88 bits per heavy atom. The molecule has 0 rings (SSSR count). The smallest absolute Gasteiger partial charge is 0.446 e. The summed E-state index contributed by atoms with van der Waals surface area (Å²) in [5.41, 5.74) is 0. The van der Waals surface area contributed by atoms with E-state index in [0.29, 0.717) is 0 Å². The van der Waals surface area contributed by atoms with Gasteiger partial charge < -0.3 is 8.85 Å². The van der Waals surface area contributed by atoms with Crippen molar-refractivity contribution >= 4 is 9.28 Å². The molecule has 0 heterocycles. The minimum Gasteiger partial charge on any atom is -0.446 e. The maximum atomic E-state index is 7.84. The van der Waals surface area contributed by atoms with Gasteiger partial charge in [0.1, 0.15) is 0 Å². The highest BCUT2D eigenvalue weighted by Crippen LogP contribution is 1.82. The molecule has 42 valence electrons. The quantitative estimate of drug-likeness (QED) is 0.382. The van der Waals surface area contributed by atoms with Crippen molar-refractivity contribution in [3.8, 4) is 12.5 Å². The third-order valence-electron chi connectivity index (χ3n) is 0.437. The maximum Gasteiger partial charge on any atom is 0.463 e. The summed E-state index contributed by atoms with van der Waals surface area (Å²) in [6.45, 7) is 1.59. The zero-order valence-electron chi connectivity index (χ0n) is 4.29. The average molecular weight is 128 g/mol. The van der Waals surface area contributed by atoms with Gasteiger partial charge in [-0.2, -0.15) is 10.5 Å². The van der Waals surface area contributed by atoms with E-state index in [1.54, 1.807) is 6.55 Å². The molecule has 8 heavy (non-hydrogen) atoms. The number of nitriles is 2. The minimum absolute atomic E-state index is 1.44. The zero-order chi connectivity index (χ0) is 6.41. The van der Waals surface area contributed by atoms with Crippen molar-refractivity contribution in [2.75, 3.05) is 0 Å². The third-order valence-corrected chi connectivity index (χ3v) is 1.31. The summed E-state index contributed by atoms with van der Waals surface area (Å²) in [4.78, 5) is 0. The Morgan fingerprint density at radius 2 is 1.62 bits per heavy atom. The van der Waals surface area contributed by atoms with Crippen LogP contribution in [-0.4, -0.2) is 9.28 Å². The number of hydrogen-bond acceptors (Lipinski definition) is 4. The third kappa shape index (κ3) is 3.01. The lowest BCUT2D eigenvalue weighted by Gasteiger charge is -1.97. The van der Waals surface area contributed by atoms with Crippen LogP contribution < -0.4 is 0 Å². The lowest BCUT2D eigenvalue weighted by Crippen LogP contribution is -2.11. The van der Waals surface area contributed by atoms with Crippen LogP contribution in [0, 0.1) is 23.0 Å². The molecule has 0 N–H and O–H groups in total. The van der Waals surface area contributed by atoms with E-state index < -0.39 is 9.28 Å². The minimum atomic E-state index is -1.92. The summed E-state index contributed by atoms with van der Waals surface area (Å²) in [7, 11) is -1.92. The topological polar surface area (TPSA) is 66.0 Å². The second-order valence-electron chi connectivity index (χ2n) is 0.986. The van der Waals surface area contributed by atoms with Gasteiger partial charge in [-0.25, -0.2) is 0 Å². The summed E-state index contributed by atoms with van der Waals surface area (Å²) < 4.78 is 8.56. The molecule has 0 aromatic heterocycles. The van der Waals surface area contributed by atoms with Gasteiger partial charge in [-0.05, 0) is 0 Å². The lowest BCUT2D eigenvalue weighted by atomic mass is 11.6. The molecule has 0 spiro atoms. The molecule has 0 fully saturated rings. The molecule has 0 atom stereocenters. The van der Waals surface area contributed by atoms with Gasteiger partial charge in [0.05, 0.1) is 0 Å². The highest BCUT2D eigenvalue weighted by atomic mass is 28.3. The van der Waals surface area contributed by atoms with Crippen LogP contribution in [0.2, 0.25) is 6.55 Å². The molecule has 0 aromatic carbocycles. The van der Waals surface area contributed by atoms with Crippen LogP contribution in [0.4, 0.5) is 0 Å². The molecule has 0 aliphatic carbocycles. The number of nitrogens with zero attached hydrogens (tertiary/aromatic N) is 2. The lowest BCUT2D eigenvalue weighted by molar-refractivity contribution is 0.376. The molecule has 5 heteroatoms. The van der Waals surface area contributed by atoms with Crippen LogP contribution in [0.25, 0.3) is 0 Å². The fourth-order valence-corrected chi connectivity index (χ4v) is 0.517. The van der Waals surface area contributed by atoms with E-state index in [9.17, 15) is 0 Å². The predicted octanol–water partition coefficient (Wildman–Crippen LogP) is -0.168. The summed E-state index contributed by atoms with van der Waals surface area (Å²) in [6.07, 6.45) is 2.88. The summed E-state index contributed by atoms with van der Waals surface area (Å²) in [6, 6.07) is 0. The summed E-state index contributed by atoms with van der Waals surface area (Å²) in [5, 5.41) is 15.7. The van der Waals surface area contributed by atoms with Crippen molar-refractivity contribution in [3.63, 3.8) is 0 Å². The molecule has 4 nitrogen and oxygen atoms in total. The van der Waals surface area contributed by atoms with Crippen LogP contribution in [0.5, 0.6) is 0 Å². The largest absolute Gasteiger partial charge is 0.463 e. The molecule has 0 saturated heterocycles. The Labute approximate surface area is 48.7 Å². The van der Waals surface area contributed by atoms with Crippen molar-refractivity contribution in [1.29, 1.82) is 10.5 Å². The Morgan fingerprint density at radius 1 is 1.25 bits per heavy atom. The SMILES string of the molecule is C[SiH](OC#N)OC#N. The van der Waals surface area contributed by atoms with Crippen molar-refractivity contribution in [2.24, 2.45) is 0 Å². The Balaban J connectivity index is 3.25. The molecule has 0 radical (unpaired) electrons. The van der Waals surface area contributed by atoms with Crippen molar-refractivity contribution < 1.29 is 8.85 Å². The van der Waals surface area contributed by atoms with Crippen molar-refractivity contribution in [3.05, 3.63) is 0 Å². The van der Waals surface area contributed by atoms with Crippen LogP contribution in [-0.2, 0) is 8.85 Å². The highest BCUT2D eigenvalue weighted by molar-refractivity contribution is 6.43. The number of rotatable bonds is 2. The maximum absolute atomic E-state index is 7.84. The first-order valence-corrected chi connectivity index (χ1v) is 4.00. The van der Waals surface area contributed by atoms with Crippen LogP contribution in [0.3, 0.4) is 0 Å². The standard InChI is InChI=1S/C3H4N2O2Si/c1-8(6-2-4)7-3-5/h8H,1H3. The van der Waals surface area contributed by atoms with E-state index in [0.717, 1.165) is 0 Å². The molecule has 0 bridgehead atoms. The van der Waals surface area contributed by atoms with Gasteiger partial charge in [0.2, 0.25) is 0 Å².